The van der Waals surface area contributed by atoms with Gasteiger partial charge in [-0.3, -0.25) is 5.73 Å². The van der Waals surface area contributed by atoms with E-state index in [0.717, 1.165) is 12.8 Å². The van der Waals surface area contributed by atoms with Gasteiger partial charge < -0.3 is 0 Å². The zero-order chi connectivity index (χ0) is 10.9. The Morgan fingerprint density at radius 3 is 2.33 bits per heavy atom. The van der Waals surface area contributed by atoms with Gasteiger partial charge in [-0.25, -0.2) is 0 Å². The lowest BCUT2D eigenvalue weighted by atomic mass is 10.1. The van der Waals surface area contributed by atoms with E-state index in [-0.39, 0.29) is 0 Å². The van der Waals surface area contributed by atoms with E-state index in [2.05, 4.69) is 30.3 Å². The van der Waals surface area contributed by atoms with Gasteiger partial charge in [-0.2, -0.15) is 0 Å². The van der Waals surface area contributed by atoms with Crippen molar-refractivity contribution in [3.63, 3.8) is 0 Å². The lowest BCUT2D eigenvalue weighted by Gasteiger charge is -2.01. The van der Waals surface area contributed by atoms with Gasteiger partial charge in [-0.1, -0.05) is 55.4 Å². The quantitative estimate of drug-likeness (QED) is 0.506. The second-order valence-corrected chi connectivity index (χ2v) is 4.32. The maximum absolute atomic E-state index is 7.12. The summed E-state index contributed by atoms with van der Waals surface area (Å²) in [7, 11) is 0. The SMILES string of the molecule is [NH]C(=S)CCCCCCc1ccccc1. The third-order valence-corrected chi connectivity index (χ3v) is 2.67. The number of thiocarbonyl (C=S) groups is 1. The molecule has 0 amide bonds. The lowest BCUT2D eigenvalue weighted by Crippen LogP contribution is -1.93. The molecule has 1 aromatic rings. The molecular formula is C13H18NS. The molecule has 0 bridgehead atoms. The van der Waals surface area contributed by atoms with Crippen molar-refractivity contribution in [2.45, 2.75) is 38.5 Å². The molecular weight excluding hydrogens is 202 g/mol. The standard InChI is InChI=1S/C13H18NS/c14-13(15)11-7-2-1-4-8-12-9-5-3-6-10-12/h3,5-6,9-10,14H,1-2,4,7-8,11H2. The molecule has 81 valence electrons. The average molecular weight is 220 g/mol. The molecule has 0 fully saturated rings. The van der Waals surface area contributed by atoms with Gasteiger partial charge in [0.15, 0.2) is 0 Å². The van der Waals surface area contributed by atoms with E-state index in [1.54, 1.807) is 0 Å². The Morgan fingerprint density at radius 2 is 1.67 bits per heavy atom. The molecule has 0 saturated heterocycles. The Hall–Kier alpha value is -0.890. The summed E-state index contributed by atoms with van der Waals surface area (Å²) in [6, 6.07) is 10.6. The monoisotopic (exact) mass is 220 g/mol. The van der Waals surface area contributed by atoms with Crippen LogP contribution in [-0.4, -0.2) is 4.99 Å². The molecule has 0 aromatic heterocycles. The van der Waals surface area contributed by atoms with Gasteiger partial charge in [0.1, 0.15) is 0 Å². The van der Waals surface area contributed by atoms with Crippen LogP contribution >= 0.6 is 12.2 Å². The van der Waals surface area contributed by atoms with E-state index in [9.17, 15) is 0 Å². The first kappa shape index (κ1) is 12.2. The third-order valence-electron chi connectivity index (χ3n) is 2.46. The second kappa shape index (κ2) is 7.41. The van der Waals surface area contributed by atoms with Gasteiger partial charge >= 0.3 is 0 Å². The average Bonchev–Trinajstić information content (AvgIpc) is 2.24. The highest BCUT2D eigenvalue weighted by Crippen LogP contribution is 2.08. The van der Waals surface area contributed by atoms with E-state index in [0.29, 0.717) is 4.99 Å². The molecule has 1 aromatic carbocycles. The van der Waals surface area contributed by atoms with E-state index in [1.165, 1.54) is 31.2 Å². The van der Waals surface area contributed by atoms with Crippen molar-refractivity contribution in [1.82, 2.24) is 5.73 Å². The zero-order valence-corrected chi connectivity index (χ0v) is 9.85. The van der Waals surface area contributed by atoms with Crippen molar-refractivity contribution < 1.29 is 0 Å². The van der Waals surface area contributed by atoms with Crippen LogP contribution in [-0.2, 0) is 6.42 Å². The summed E-state index contributed by atoms with van der Waals surface area (Å²) in [6.45, 7) is 0. The molecule has 0 aliphatic rings. The zero-order valence-electron chi connectivity index (χ0n) is 9.04. The number of aryl methyl sites for hydroxylation is 1. The molecule has 0 spiro atoms. The maximum Gasteiger partial charge on any atom is 0.0939 e. The molecule has 1 N–H and O–H groups in total. The maximum atomic E-state index is 7.12. The van der Waals surface area contributed by atoms with Crippen molar-refractivity contribution in [3.05, 3.63) is 35.9 Å². The number of benzene rings is 1. The van der Waals surface area contributed by atoms with Crippen LogP contribution in [0.2, 0.25) is 0 Å². The van der Waals surface area contributed by atoms with Crippen molar-refractivity contribution in [2.24, 2.45) is 0 Å². The predicted molar refractivity (Wildman–Crippen MR) is 68.9 cm³/mol. The summed E-state index contributed by atoms with van der Waals surface area (Å²) in [6.07, 6.45) is 6.74. The lowest BCUT2D eigenvalue weighted by molar-refractivity contribution is 0.653. The first-order valence-electron chi connectivity index (χ1n) is 5.57. The Labute approximate surface area is 97.7 Å². The van der Waals surface area contributed by atoms with Crippen LogP contribution in [0.25, 0.3) is 0 Å². The first-order chi connectivity index (χ1) is 7.29. The van der Waals surface area contributed by atoms with E-state index >= 15 is 0 Å². The van der Waals surface area contributed by atoms with Crippen molar-refractivity contribution >= 4 is 17.2 Å². The Morgan fingerprint density at radius 1 is 1.00 bits per heavy atom. The molecule has 15 heavy (non-hydrogen) atoms. The summed E-state index contributed by atoms with van der Waals surface area (Å²) in [5.41, 5.74) is 8.55. The van der Waals surface area contributed by atoms with Crippen LogP contribution in [0.1, 0.15) is 37.7 Å². The largest absolute Gasteiger partial charge is 0.294 e. The van der Waals surface area contributed by atoms with E-state index in [1.807, 2.05) is 0 Å². The summed E-state index contributed by atoms with van der Waals surface area (Å²) in [4.78, 5) is 0.401. The van der Waals surface area contributed by atoms with Gasteiger partial charge in [0.25, 0.3) is 0 Å². The highest BCUT2D eigenvalue weighted by Gasteiger charge is 1.94. The first-order valence-corrected chi connectivity index (χ1v) is 5.98. The molecule has 0 heterocycles. The highest BCUT2D eigenvalue weighted by atomic mass is 32.1. The Bertz CT molecular complexity index is 282. The predicted octanol–water partition coefficient (Wildman–Crippen LogP) is 3.79. The van der Waals surface area contributed by atoms with Gasteiger partial charge in [-0.05, 0) is 31.2 Å². The van der Waals surface area contributed by atoms with Crippen LogP contribution in [0.4, 0.5) is 0 Å². The topological polar surface area (TPSA) is 23.8 Å². The number of hydrogen-bond donors (Lipinski definition) is 0. The minimum atomic E-state index is 0.401. The second-order valence-electron chi connectivity index (χ2n) is 3.82. The Balaban J connectivity index is 2.00. The van der Waals surface area contributed by atoms with Crippen molar-refractivity contribution in [3.8, 4) is 0 Å². The Kier molecular flexibility index (Phi) is 6.02. The van der Waals surface area contributed by atoms with Gasteiger partial charge in [0.2, 0.25) is 0 Å². The smallest absolute Gasteiger partial charge is 0.0939 e. The van der Waals surface area contributed by atoms with E-state index < -0.39 is 0 Å². The molecule has 0 aliphatic carbocycles. The van der Waals surface area contributed by atoms with Crippen molar-refractivity contribution in [1.29, 1.82) is 0 Å². The van der Waals surface area contributed by atoms with Crippen molar-refractivity contribution in [2.75, 3.05) is 0 Å². The molecule has 0 saturated carbocycles. The highest BCUT2D eigenvalue weighted by molar-refractivity contribution is 7.80. The summed E-state index contributed by atoms with van der Waals surface area (Å²) >= 11 is 4.72. The number of hydrogen-bond acceptors (Lipinski definition) is 1. The van der Waals surface area contributed by atoms with Gasteiger partial charge in [0.05, 0.1) is 4.99 Å². The van der Waals surface area contributed by atoms with Crippen LogP contribution in [0.3, 0.4) is 0 Å². The molecule has 1 rings (SSSR count). The van der Waals surface area contributed by atoms with E-state index in [4.69, 9.17) is 18.0 Å². The fourth-order valence-electron chi connectivity index (χ4n) is 1.61. The molecule has 0 unspecified atom stereocenters. The minimum Gasteiger partial charge on any atom is -0.294 e. The molecule has 1 radical (unpaired) electrons. The summed E-state index contributed by atoms with van der Waals surface area (Å²) in [5, 5.41) is 0. The normalized spacial score (nSPS) is 10.1. The van der Waals surface area contributed by atoms with Gasteiger partial charge in [-0.15, -0.1) is 0 Å². The van der Waals surface area contributed by atoms with Crippen LogP contribution < -0.4 is 5.73 Å². The number of nitrogens with one attached hydrogen (secondary N) is 1. The fourth-order valence-corrected chi connectivity index (χ4v) is 1.76. The summed E-state index contributed by atoms with van der Waals surface area (Å²) in [5.74, 6) is 0. The van der Waals surface area contributed by atoms with Crippen LogP contribution in [0.15, 0.2) is 30.3 Å². The van der Waals surface area contributed by atoms with Crippen LogP contribution in [0.5, 0.6) is 0 Å². The van der Waals surface area contributed by atoms with Gasteiger partial charge in [0, 0.05) is 0 Å². The minimum absolute atomic E-state index is 0.401. The molecule has 0 aliphatic heterocycles. The molecule has 2 heteroatoms. The number of rotatable bonds is 7. The fraction of sp³-hybridized carbons (Fsp3) is 0.462. The third kappa shape index (κ3) is 6.24. The van der Waals surface area contributed by atoms with Crippen LogP contribution in [0, 0.1) is 0 Å². The molecule has 0 atom stereocenters. The summed E-state index contributed by atoms with van der Waals surface area (Å²) < 4.78 is 0. The molecule has 1 nitrogen and oxygen atoms in total. The number of unbranched alkanes of at least 4 members (excludes halogenated alkanes) is 3.